The molecule has 0 fully saturated rings. The molecule has 0 radical (unpaired) electrons. The van der Waals surface area contributed by atoms with Gasteiger partial charge in [-0.25, -0.2) is 0 Å². The van der Waals surface area contributed by atoms with Gasteiger partial charge in [0.1, 0.15) is 0 Å². The van der Waals surface area contributed by atoms with Gasteiger partial charge in [-0.2, -0.15) is 0 Å². The van der Waals surface area contributed by atoms with E-state index in [-0.39, 0.29) is 24.0 Å². The van der Waals surface area contributed by atoms with Crippen LogP contribution in [0.25, 0.3) is 0 Å². The molecular weight excluding hydrogens is 389 g/mol. The molecule has 5 heteroatoms. The Kier molecular flexibility index (Phi) is 11.9. The highest BCUT2D eigenvalue weighted by Crippen LogP contribution is 2.22. The van der Waals surface area contributed by atoms with Crippen molar-refractivity contribution in [2.75, 3.05) is 25.1 Å². The summed E-state index contributed by atoms with van der Waals surface area (Å²) in [6.45, 7) is 9.75. The first-order chi connectivity index (χ1) is 10.2. The van der Waals surface area contributed by atoms with E-state index in [9.17, 15) is 0 Å². The Morgan fingerprint density at radius 2 is 1.91 bits per heavy atom. The number of nitrogens with one attached hydrogen (secondary N) is 1. The number of rotatable bonds is 9. The van der Waals surface area contributed by atoms with E-state index in [2.05, 4.69) is 48.9 Å². The molecule has 0 aliphatic heterocycles. The Morgan fingerprint density at radius 3 is 2.45 bits per heavy atom. The van der Waals surface area contributed by atoms with Crippen molar-refractivity contribution in [1.82, 2.24) is 0 Å². The highest BCUT2D eigenvalue weighted by molar-refractivity contribution is 14.0. The number of nitrogens with two attached hydrogens (primary N) is 1. The van der Waals surface area contributed by atoms with Gasteiger partial charge < -0.3 is 15.8 Å². The minimum absolute atomic E-state index is 0. The predicted octanol–water partition coefficient (Wildman–Crippen LogP) is 3.75. The monoisotopic (exact) mass is 417 g/mol. The summed E-state index contributed by atoms with van der Waals surface area (Å²) in [7, 11) is 0. The van der Waals surface area contributed by atoms with Crippen LogP contribution in [0, 0.1) is 0 Å². The van der Waals surface area contributed by atoms with E-state index in [4.69, 9.17) is 10.5 Å². The molecule has 0 atom stereocenters. The van der Waals surface area contributed by atoms with Gasteiger partial charge in [0, 0.05) is 5.69 Å². The van der Waals surface area contributed by atoms with Gasteiger partial charge in [0.15, 0.2) is 5.96 Å². The first-order valence-corrected chi connectivity index (χ1v) is 7.59. The molecule has 0 amide bonds. The SMILES string of the molecule is C=CCCOCCN=C(N)Nc1c(CC)cccc1CC.I. The standard InChI is InChI=1S/C17H27N3O.HI/c1-4-7-12-21-13-11-19-17(18)20-16-14(5-2)9-8-10-15(16)6-3;/h4,8-10H,1,5-7,11-13H2,2-3H3,(H3,18,19,20);1H. The Labute approximate surface area is 151 Å². The van der Waals surface area contributed by atoms with Crippen LogP contribution < -0.4 is 11.1 Å². The van der Waals surface area contributed by atoms with E-state index in [1.165, 1.54) is 11.1 Å². The van der Waals surface area contributed by atoms with Crippen molar-refractivity contribution < 1.29 is 4.74 Å². The maximum Gasteiger partial charge on any atom is 0.193 e. The Morgan fingerprint density at radius 1 is 1.27 bits per heavy atom. The van der Waals surface area contributed by atoms with E-state index in [1.54, 1.807) is 0 Å². The molecule has 0 aliphatic rings. The number of guanidine groups is 1. The van der Waals surface area contributed by atoms with Gasteiger partial charge in [-0.05, 0) is 30.4 Å². The van der Waals surface area contributed by atoms with Gasteiger partial charge in [0.2, 0.25) is 0 Å². The Bertz CT molecular complexity index is 453. The lowest BCUT2D eigenvalue weighted by Crippen LogP contribution is -2.25. The average Bonchev–Trinajstić information content (AvgIpc) is 2.51. The number of aryl methyl sites for hydroxylation is 2. The zero-order valence-electron chi connectivity index (χ0n) is 13.6. The van der Waals surface area contributed by atoms with E-state index in [0.29, 0.717) is 25.7 Å². The van der Waals surface area contributed by atoms with E-state index in [0.717, 1.165) is 24.9 Å². The number of hydrogen-bond acceptors (Lipinski definition) is 2. The maximum atomic E-state index is 5.96. The predicted molar refractivity (Wildman–Crippen MR) is 106 cm³/mol. The zero-order valence-corrected chi connectivity index (χ0v) is 15.9. The Hall–Kier alpha value is -1.08. The average molecular weight is 417 g/mol. The van der Waals surface area contributed by atoms with Crippen molar-refractivity contribution in [3.05, 3.63) is 42.0 Å². The summed E-state index contributed by atoms with van der Waals surface area (Å²) in [5.74, 6) is 0.443. The van der Waals surface area contributed by atoms with E-state index >= 15 is 0 Å². The van der Waals surface area contributed by atoms with Gasteiger partial charge >= 0.3 is 0 Å². The fourth-order valence-electron chi connectivity index (χ4n) is 2.07. The molecule has 3 N–H and O–H groups in total. The summed E-state index contributed by atoms with van der Waals surface area (Å²) < 4.78 is 5.40. The first-order valence-electron chi connectivity index (χ1n) is 7.59. The number of benzene rings is 1. The van der Waals surface area contributed by atoms with E-state index < -0.39 is 0 Å². The normalized spacial score (nSPS) is 10.9. The second kappa shape index (κ2) is 12.5. The molecule has 4 nitrogen and oxygen atoms in total. The largest absolute Gasteiger partial charge is 0.379 e. The minimum atomic E-state index is 0. The summed E-state index contributed by atoms with van der Waals surface area (Å²) in [5, 5.41) is 3.24. The molecule has 0 aromatic heterocycles. The fourth-order valence-corrected chi connectivity index (χ4v) is 2.07. The summed E-state index contributed by atoms with van der Waals surface area (Å²) in [4.78, 5) is 4.30. The highest BCUT2D eigenvalue weighted by Gasteiger charge is 2.06. The molecule has 0 saturated heterocycles. The molecule has 1 rings (SSSR count). The fraction of sp³-hybridized carbons (Fsp3) is 0.471. The summed E-state index contributed by atoms with van der Waals surface area (Å²) in [5.41, 5.74) is 9.57. The molecule has 1 aromatic rings. The van der Waals surface area contributed by atoms with E-state index in [1.807, 2.05) is 6.08 Å². The minimum Gasteiger partial charge on any atom is -0.379 e. The van der Waals surface area contributed by atoms with Crippen molar-refractivity contribution in [3.8, 4) is 0 Å². The lowest BCUT2D eigenvalue weighted by molar-refractivity contribution is 0.146. The molecule has 0 bridgehead atoms. The number of aliphatic imine (C=N–C) groups is 1. The van der Waals surface area contributed by atoms with Crippen LogP contribution in [-0.2, 0) is 17.6 Å². The van der Waals surface area contributed by atoms with Crippen LogP contribution in [0.4, 0.5) is 5.69 Å². The quantitative estimate of drug-likeness (QED) is 0.212. The van der Waals surface area contributed by atoms with Crippen LogP contribution in [-0.4, -0.2) is 25.7 Å². The lowest BCUT2D eigenvalue weighted by Gasteiger charge is -2.14. The number of halogens is 1. The van der Waals surface area contributed by atoms with Gasteiger partial charge in [0.05, 0.1) is 19.8 Å². The summed E-state index contributed by atoms with van der Waals surface area (Å²) in [6, 6.07) is 6.32. The van der Waals surface area contributed by atoms with Crippen LogP contribution in [0.3, 0.4) is 0 Å². The molecule has 0 unspecified atom stereocenters. The molecular formula is C17H28IN3O. The zero-order chi connectivity index (χ0) is 15.5. The van der Waals surface area contributed by atoms with Crippen LogP contribution >= 0.6 is 24.0 Å². The van der Waals surface area contributed by atoms with Crippen LogP contribution in [0.1, 0.15) is 31.4 Å². The number of hydrogen-bond donors (Lipinski definition) is 2. The third-order valence-electron chi connectivity index (χ3n) is 3.24. The molecule has 0 saturated carbocycles. The lowest BCUT2D eigenvalue weighted by atomic mass is 10.0. The molecule has 124 valence electrons. The van der Waals surface area contributed by atoms with Gasteiger partial charge in [-0.1, -0.05) is 38.1 Å². The van der Waals surface area contributed by atoms with Crippen molar-refractivity contribution in [1.29, 1.82) is 0 Å². The molecule has 22 heavy (non-hydrogen) atoms. The third kappa shape index (κ3) is 7.26. The van der Waals surface area contributed by atoms with Crippen LogP contribution in [0.15, 0.2) is 35.8 Å². The first kappa shape index (κ1) is 20.9. The van der Waals surface area contributed by atoms with Crippen molar-refractivity contribution in [2.45, 2.75) is 33.1 Å². The molecule has 0 heterocycles. The van der Waals surface area contributed by atoms with Crippen molar-refractivity contribution in [2.24, 2.45) is 10.7 Å². The molecule has 1 aromatic carbocycles. The summed E-state index contributed by atoms with van der Waals surface area (Å²) >= 11 is 0. The number of anilines is 1. The highest BCUT2D eigenvalue weighted by atomic mass is 127. The summed E-state index contributed by atoms with van der Waals surface area (Å²) in [6.07, 6.45) is 4.64. The van der Waals surface area contributed by atoms with Crippen molar-refractivity contribution >= 4 is 35.6 Å². The number of ether oxygens (including phenoxy) is 1. The second-order valence-electron chi connectivity index (χ2n) is 4.74. The Balaban J connectivity index is 0.00000441. The molecule has 0 aliphatic carbocycles. The van der Waals surface area contributed by atoms with Gasteiger partial charge in [-0.15, -0.1) is 30.6 Å². The van der Waals surface area contributed by atoms with Crippen molar-refractivity contribution in [3.63, 3.8) is 0 Å². The number of nitrogens with zero attached hydrogens (tertiary/aromatic N) is 1. The maximum absolute atomic E-state index is 5.96. The van der Waals surface area contributed by atoms with Crippen LogP contribution in [0.5, 0.6) is 0 Å². The topological polar surface area (TPSA) is 59.6 Å². The molecule has 0 spiro atoms. The second-order valence-corrected chi connectivity index (χ2v) is 4.74. The van der Waals surface area contributed by atoms with Gasteiger partial charge in [-0.3, -0.25) is 4.99 Å². The van der Waals surface area contributed by atoms with Gasteiger partial charge in [0.25, 0.3) is 0 Å². The third-order valence-corrected chi connectivity index (χ3v) is 3.24. The van der Waals surface area contributed by atoms with Crippen LogP contribution in [0.2, 0.25) is 0 Å². The smallest absolute Gasteiger partial charge is 0.193 e. The number of para-hydroxylation sites is 1.